The van der Waals surface area contributed by atoms with Gasteiger partial charge in [-0.3, -0.25) is 4.79 Å². The normalized spacial score (nSPS) is 13.2. The van der Waals surface area contributed by atoms with E-state index in [0.717, 1.165) is 24.6 Å². The highest BCUT2D eigenvalue weighted by Gasteiger charge is 2.18. The topological polar surface area (TPSA) is 29.1 Å². The van der Waals surface area contributed by atoms with E-state index in [1.165, 1.54) is 0 Å². The molecule has 19 heavy (non-hydrogen) atoms. The number of hydrogen-bond acceptors (Lipinski definition) is 1. The fourth-order valence-corrected chi connectivity index (χ4v) is 2.84. The van der Waals surface area contributed by atoms with E-state index in [2.05, 4.69) is 42.0 Å². The van der Waals surface area contributed by atoms with E-state index in [4.69, 9.17) is 0 Å². The van der Waals surface area contributed by atoms with Crippen molar-refractivity contribution in [2.75, 3.05) is 6.54 Å². The Morgan fingerprint density at radius 1 is 1.37 bits per heavy atom. The molecule has 0 aliphatic carbocycles. The average Bonchev–Trinajstić information content (AvgIpc) is 2.27. The van der Waals surface area contributed by atoms with Gasteiger partial charge in [0.15, 0.2) is 0 Å². The van der Waals surface area contributed by atoms with Crippen molar-refractivity contribution in [2.45, 2.75) is 32.0 Å². The zero-order chi connectivity index (χ0) is 14.6. The molecule has 0 heterocycles. The SMILES string of the molecule is CC(C)(C)CC(Br)CNC(=O)c1cc(F)ccc1F. The van der Waals surface area contributed by atoms with Gasteiger partial charge in [-0.25, -0.2) is 8.78 Å². The first kappa shape index (κ1) is 16.1. The molecule has 1 rings (SSSR count). The van der Waals surface area contributed by atoms with Crippen LogP contribution in [-0.4, -0.2) is 17.3 Å². The van der Waals surface area contributed by atoms with Crippen LogP contribution >= 0.6 is 15.9 Å². The minimum absolute atomic E-state index is 0.0908. The first-order valence-electron chi connectivity index (χ1n) is 6.06. The first-order chi connectivity index (χ1) is 8.69. The van der Waals surface area contributed by atoms with Gasteiger partial charge in [-0.2, -0.15) is 0 Å². The van der Waals surface area contributed by atoms with E-state index in [1.54, 1.807) is 0 Å². The summed E-state index contributed by atoms with van der Waals surface area (Å²) in [5.74, 6) is -1.95. The van der Waals surface area contributed by atoms with Crippen LogP contribution < -0.4 is 5.32 Å². The van der Waals surface area contributed by atoms with Gasteiger partial charge in [0.05, 0.1) is 5.56 Å². The highest BCUT2D eigenvalue weighted by Crippen LogP contribution is 2.24. The molecule has 0 bridgehead atoms. The number of rotatable bonds is 4. The molecule has 2 nitrogen and oxygen atoms in total. The second-order valence-corrected chi connectivity index (χ2v) is 6.99. The quantitative estimate of drug-likeness (QED) is 0.832. The minimum atomic E-state index is -0.721. The van der Waals surface area contributed by atoms with Crippen molar-refractivity contribution in [2.24, 2.45) is 5.41 Å². The number of hydrogen-bond donors (Lipinski definition) is 1. The second kappa shape index (κ2) is 6.46. The monoisotopic (exact) mass is 333 g/mol. The van der Waals surface area contributed by atoms with E-state index in [1.807, 2.05) is 0 Å². The third-order valence-corrected chi connectivity index (χ3v) is 3.14. The summed E-state index contributed by atoms with van der Waals surface area (Å²) in [6.45, 7) is 6.64. The van der Waals surface area contributed by atoms with Crippen LogP contribution in [0.3, 0.4) is 0 Å². The Hall–Kier alpha value is -0.970. The third-order valence-electron chi connectivity index (χ3n) is 2.49. The molecule has 0 radical (unpaired) electrons. The number of halogens is 3. The van der Waals surface area contributed by atoms with Gasteiger partial charge < -0.3 is 5.32 Å². The number of benzene rings is 1. The molecule has 0 fully saturated rings. The Labute approximate surface area is 120 Å². The Balaban J connectivity index is 2.58. The van der Waals surface area contributed by atoms with Crippen molar-refractivity contribution in [3.63, 3.8) is 0 Å². The lowest BCUT2D eigenvalue weighted by atomic mass is 9.90. The maximum Gasteiger partial charge on any atom is 0.254 e. The summed E-state index contributed by atoms with van der Waals surface area (Å²) in [5, 5.41) is 2.60. The van der Waals surface area contributed by atoms with Crippen molar-refractivity contribution >= 4 is 21.8 Å². The van der Waals surface area contributed by atoms with Crippen molar-refractivity contribution < 1.29 is 13.6 Å². The summed E-state index contributed by atoms with van der Waals surface area (Å²) in [4.78, 5) is 11.8. The van der Waals surface area contributed by atoms with Crippen LogP contribution in [0.5, 0.6) is 0 Å². The van der Waals surface area contributed by atoms with Crippen LogP contribution in [0.1, 0.15) is 37.6 Å². The average molecular weight is 334 g/mol. The lowest BCUT2D eigenvalue weighted by molar-refractivity contribution is 0.0948. The molecule has 0 spiro atoms. The molecular weight excluding hydrogens is 316 g/mol. The third kappa shape index (κ3) is 5.68. The van der Waals surface area contributed by atoms with Crippen molar-refractivity contribution in [3.8, 4) is 0 Å². The zero-order valence-electron chi connectivity index (χ0n) is 11.3. The molecule has 106 valence electrons. The Kier molecular flexibility index (Phi) is 5.47. The smallest absolute Gasteiger partial charge is 0.254 e. The predicted octanol–water partition coefficient (Wildman–Crippen LogP) is 3.89. The summed E-state index contributed by atoms with van der Waals surface area (Å²) in [6, 6.07) is 2.84. The zero-order valence-corrected chi connectivity index (χ0v) is 12.9. The molecule has 0 saturated heterocycles. The largest absolute Gasteiger partial charge is 0.351 e. The molecule has 0 aromatic heterocycles. The highest BCUT2D eigenvalue weighted by molar-refractivity contribution is 9.09. The summed E-state index contributed by atoms with van der Waals surface area (Å²) < 4.78 is 26.3. The molecule has 0 saturated carbocycles. The van der Waals surface area contributed by atoms with Crippen LogP contribution in [0.2, 0.25) is 0 Å². The summed E-state index contributed by atoms with van der Waals surface area (Å²) in [7, 11) is 0. The van der Waals surface area contributed by atoms with Crippen LogP contribution in [0.25, 0.3) is 0 Å². The molecule has 1 amide bonds. The first-order valence-corrected chi connectivity index (χ1v) is 6.98. The standard InChI is InChI=1S/C14H18BrF2NO/c1-14(2,3)7-9(15)8-18-13(19)11-6-10(16)4-5-12(11)17/h4-6,9H,7-8H2,1-3H3,(H,18,19). The fraction of sp³-hybridized carbons (Fsp3) is 0.500. The van der Waals surface area contributed by atoms with Crippen LogP contribution in [0.15, 0.2) is 18.2 Å². The molecule has 0 aliphatic rings. The van der Waals surface area contributed by atoms with E-state index in [0.29, 0.717) is 6.54 Å². The van der Waals surface area contributed by atoms with Gasteiger partial charge >= 0.3 is 0 Å². The van der Waals surface area contributed by atoms with Gasteiger partial charge in [0.1, 0.15) is 11.6 Å². The van der Waals surface area contributed by atoms with Crippen molar-refractivity contribution in [3.05, 3.63) is 35.4 Å². The predicted molar refractivity (Wildman–Crippen MR) is 75.5 cm³/mol. The number of amides is 1. The molecule has 1 N–H and O–H groups in total. The highest BCUT2D eigenvalue weighted by atomic mass is 79.9. The van der Waals surface area contributed by atoms with Crippen LogP contribution in [-0.2, 0) is 0 Å². The van der Waals surface area contributed by atoms with Crippen LogP contribution in [0, 0.1) is 17.0 Å². The number of carbonyl (C=O) groups excluding carboxylic acids is 1. The van der Waals surface area contributed by atoms with E-state index >= 15 is 0 Å². The maximum absolute atomic E-state index is 13.4. The molecular formula is C14H18BrF2NO. The van der Waals surface area contributed by atoms with E-state index in [9.17, 15) is 13.6 Å². The van der Waals surface area contributed by atoms with E-state index in [-0.39, 0.29) is 15.8 Å². The molecule has 1 aromatic carbocycles. The minimum Gasteiger partial charge on any atom is -0.351 e. The van der Waals surface area contributed by atoms with Gasteiger partial charge in [0.2, 0.25) is 0 Å². The van der Waals surface area contributed by atoms with Crippen molar-refractivity contribution in [1.29, 1.82) is 0 Å². The number of alkyl halides is 1. The number of carbonyl (C=O) groups is 1. The van der Waals surface area contributed by atoms with Gasteiger partial charge in [0, 0.05) is 11.4 Å². The van der Waals surface area contributed by atoms with Gasteiger partial charge in [-0.05, 0) is 30.0 Å². The van der Waals surface area contributed by atoms with Gasteiger partial charge in [-0.15, -0.1) is 0 Å². The second-order valence-electron chi connectivity index (χ2n) is 5.70. The van der Waals surface area contributed by atoms with Gasteiger partial charge in [0.25, 0.3) is 5.91 Å². The van der Waals surface area contributed by atoms with Crippen molar-refractivity contribution in [1.82, 2.24) is 5.32 Å². The fourth-order valence-electron chi connectivity index (χ4n) is 1.71. The Morgan fingerprint density at radius 2 is 2.00 bits per heavy atom. The summed E-state index contributed by atoms with van der Waals surface area (Å²) >= 11 is 3.47. The van der Waals surface area contributed by atoms with Crippen LogP contribution in [0.4, 0.5) is 8.78 Å². The molecule has 1 aromatic rings. The molecule has 1 atom stereocenters. The maximum atomic E-state index is 13.4. The molecule has 0 aliphatic heterocycles. The molecule has 1 unspecified atom stereocenters. The molecule has 5 heteroatoms. The number of nitrogens with one attached hydrogen (secondary N) is 1. The van der Waals surface area contributed by atoms with Gasteiger partial charge in [-0.1, -0.05) is 36.7 Å². The Bertz CT molecular complexity index is 457. The summed E-state index contributed by atoms with van der Waals surface area (Å²) in [5.41, 5.74) is -0.140. The lowest BCUT2D eigenvalue weighted by Crippen LogP contribution is -2.32. The van der Waals surface area contributed by atoms with E-state index < -0.39 is 17.5 Å². The Morgan fingerprint density at radius 3 is 2.58 bits per heavy atom. The summed E-state index contributed by atoms with van der Waals surface area (Å²) in [6.07, 6.45) is 0.860. The lowest BCUT2D eigenvalue weighted by Gasteiger charge is -2.22.